The van der Waals surface area contributed by atoms with Crippen molar-refractivity contribution in [3.05, 3.63) is 64.7 Å². The van der Waals surface area contributed by atoms with Crippen molar-refractivity contribution in [1.82, 2.24) is 4.90 Å². The average Bonchev–Trinajstić information content (AvgIpc) is 2.78. The van der Waals surface area contributed by atoms with Crippen molar-refractivity contribution < 1.29 is 14.8 Å². The Morgan fingerprint density at radius 3 is 2.69 bits per heavy atom. The van der Waals surface area contributed by atoms with Crippen LogP contribution in [0.15, 0.2) is 42.5 Å². The number of carbonyl (C=O) groups excluding carboxylic acids is 1. The zero-order chi connectivity index (χ0) is 20.4. The van der Waals surface area contributed by atoms with Gasteiger partial charge in [0, 0.05) is 43.2 Å². The maximum Gasteiger partial charge on any atom is 0.456 e. The summed E-state index contributed by atoms with van der Waals surface area (Å²) in [6, 6.07) is 14.1. The Balaban J connectivity index is 1.40. The summed E-state index contributed by atoms with van der Waals surface area (Å²) in [4.78, 5) is 14.9. The molecule has 0 aromatic heterocycles. The molecule has 5 N–H and O–H groups in total. The van der Waals surface area contributed by atoms with Gasteiger partial charge in [-0.15, -0.1) is 0 Å². The Labute approximate surface area is 171 Å². The van der Waals surface area contributed by atoms with E-state index in [4.69, 9.17) is 5.73 Å². The third kappa shape index (κ3) is 4.32. The van der Waals surface area contributed by atoms with Crippen molar-refractivity contribution in [3.8, 4) is 0 Å². The lowest BCUT2D eigenvalue weighted by atomic mass is 9.68. The fourth-order valence-electron chi connectivity index (χ4n) is 4.43. The fourth-order valence-corrected chi connectivity index (χ4v) is 4.43. The number of nitrogens with two attached hydrogens (primary N) is 1. The van der Waals surface area contributed by atoms with E-state index in [9.17, 15) is 14.8 Å². The number of nitrogens with zero attached hydrogens (tertiary/aromatic N) is 1. The van der Waals surface area contributed by atoms with Gasteiger partial charge < -0.3 is 26.0 Å². The third-order valence-electron chi connectivity index (χ3n) is 6.26. The summed E-state index contributed by atoms with van der Waals surface area (Å²) in [5.74, 6) is 0.312. The highest BCUT2D eigenvalue weighted by atomic mass is 16.4. The van der Waals surface area contributed by atoms with Crippen LogP contribution in [0.5, 0.6) is 0 Å². The van der Waals surface area contributed by atoms with Gasteiger partial charge in [0.2, 0.25) is 0 Å². The van der Waals surface area contributed by atoms with Gasteiger partial charge in [0.05, 0.1) is 0 Å². The number of carbonyl (C=O) groups is 1. The minimum atomic E-state index is -1.33. The van der Waals surface area contributed by atoms with Crippen LogP contribution in [-0.2, 0) is 13.0 Å². The van der Waals surface area contributed by atoms with Gasteiger partial charge in [0.15, 0.2) is 0 Å². The number of piperidine rings is 1. The van der Waals surface area contributed by atoms with Gasteiger partial charge in [0.1, 0.15) is 0 Å². The van der Waals surface area contributed by atoms with E-state index in [0.29, 0.717) is 31.0 Å². The first kappa shape index (κ1) is 19.9. The summed E-state index contributed by atoms with van der Waals surface area (Å²) in [6.45, 7) is 2.55. The molecule has 2 heterocycles. The van der Waals surface area contributed by atoms with Crippen LogP contribution in [-0.4, -0.2) is 47.6 Å². The molecule has 152 valence electrons. The Bertz CT molecular complexity index is 881. The number of hydrogen-bond donors (Lipinski definition) is 4. The smallest absolute Gasteiger partial charge is 0.427 e. The second kappa shape index (κ2) is 8.57. The Hall–Kier alpha value is -2.35. The topological polar surface area (TPSA) is 98.8 Å². The number of amides is 1. The van der Waals surface area contributed by atoms with Crippen LogP contribution in [0.1, 0.15) is 45.8 Å². The largest absolute Gasteiger partial charge is 0.456 e. The Morgan fingerprint density at radius 1 is 1.17 bits per heavy atom. The lowest BCUT2D eigenvalue weighted by molar-refractivity contribution is 0.0713. The molecule has 1 fully saturated rings. The second-order valence-corrected chi connectivity index (χ2v) is 8.15. The predicted molar refractivity (Wildman–Crippen MR) is 115 cm³/mol. The molecule has 1 atom stereocenters. The molecule has 0 radical (unpaired) electrons. The van der Waals surface area contributed by atoms with Crippen LogP contribution in [0, 0.1) is 0 Å². The third-order valence-corrected chi connectivity index (χ3v) is 6.26. The van der Waals surface area contributed by atoms with E-state index in [2.05, 4.69) is 29.6 Å². The summed E-state index contributed by atoms with van der Waals surface area (Å²) >= 11 is 0. The predicted octanol–water partition coefficient (Wildman–Crippen LogP) is 1.98. The number of benzene rings is 2. The molecule has 29 heavy (non-hydrogen) atoms. The fraction of sp³-hybridized carbons (Fsp3) is 0.409. The Morgan fingerprint density at radius 2 is 1.97 bits per heavy atom. The van der Waals surface area contributed by atoms with E-state index < -0.39 is 7.12 Å². The van der Waals surface area contributed by atoms with Crippen LogP contribution in [0.3, 0.4) is 0 Å². The van der Waals surface area contributed by atoms with Gasteiger partial charge in [-0.05, 0) is 54.0 Å². The van der Waals surface area contributed by atoms with Gasteiger partial charge in [-0.1, -0.05) is 30.3 Å². The average molecular weight is 393 g/mol. The van der Waals surface area contributed by atoms with Crippen LogP contribution in [0.25, 0.3) is 0 Å². The molecule has 4 rings (SSSR count). The lowest BCUT2D eigenvalue weighted by Crippen LogP contribution is -2.38. The van der Waals surface area contributed by atoms with Crippen molar-refractivity contribution in [1.29, 1.82) is 0 Å². The molecule has 0 aliphatic carbocycles. The van der Waals surface area contributed by atoms with E-state index in [1.54, 1.807) is 0 Å². The van der Waals surface area contributed by atoms with Crippen molar-refractivity contribution in [2.75, 3.05) is 25.0 Å². The van der Waals surface area contributed by atoms with Gasteiger partial charge >= 0.3 is 7.12 Å². The van der Waals surface area contributed by atoms with Crippen molar-refractivity contribution in [2.45, 2.75) is 37.5 Å². The van der Waals surface area contributed by atoms with Crippen molar-refractivity contribution >= 4 is 18.7 Å². The standard InChI is InChI=1S/C22H28BN3O3/c24-13-15-2-1-3-17(10-15)16-6-8-26(9-7-16)22(27)19-5-4-18-11-20(23(28)29)14-25-21(18)12-19/h1-5,10,12,16,20,25,28-29H,6-9,11,13-14,24H2. The highest BCUT2D eigenvalue weighted by Gasteiger charge is 2.29. The van der Waals surface area contributed by atoms with Crippen LogP contribution >= 0.6 is 0 Å². The monoisotopic (exact) mass is 393 g/mol. The molecule has 0 bridgehead atoms. The molecule has 6 nitrogen and oxygen atoms in total. The molecule has 1 unspecified atom stereocenters. The maximum absolute atomic E-state index is 13.0. The molecule has 2 aliphatic rings. The first-order valence-corrected chi connectivity index (χ1v) is 10.4. The number of hydrogen-bond acceptors (Lipinski definition) is 5. The van der Waals surface area contributed by atoms with Crippen molar-refractivity contribution in [3.63, 3.8) is 0 Å². The maximum atomic E-state index is 13.0. The van der Waals surface area contributed by atoms with Gasteiger partial charge in [-0.3, -0.25) is 4.79 Å². The first-order chi connectivity index (χ1) is 14.0. The number of nitrogens with one attached hydrogen (secondary N) is 1. The van der Waals surface area contributed by atoms with Gasteiger partial charge in [-0.2, -0.15) is 0 Å². The van der Waals surface area contributed by atoms with Gasteiger partial charge in [-0.25, -0.2) is 0 Å². The lowest BCUT2D eigenvalue weighted by Gasteiger charge is -2.33. The zero-order valence-corrected chi connectivity index (χ0v) is 16.6. The van der Waals surface area contributed by atoms with Crippen molar-refractivity contribution in [2.24, 2.45) is 5.73 Å². The molecular formula is C22H28BN3O3. The molecule has 0 spiro atoms. The van der Waals surface area contributed by atoms with Crippen LogP contribution < -0.4 is 11.1 Å². The summed E-state index contributed by atoms with van der Waals surface area (Å²) in [7, 11) is -1.33. The second-order valence-electron chi connectivity index (χ2n) is 8.15. The summed E-state index contributed by atoms with van der Waals surface area (Å²) in [5.41, 5.74) is 10.9. The Kier molecular flexibility index (Phi) is 5.90. The molecule has 7 heteroatoms. The minimum Gasteiger partial charge on any atom is -0.427 e. The SMILES string of the molecule is NCc1cccc(C2CCN(C(=O)c3ccc4c(c3)NCC(B(O)O)C4)CC2)c1. The highest BCUT2D eigenvalue weighted by Crippen LogP contribution is 2.32. The quantitative estimate of drug-likeness (QED) is 0.596. The first-order valence-electron chi connectivity index (χ1n) is 10.4. The zero-order valence-electron chi connectivity index (χ0n) is 16.6. The van der Waals surface area contributed by atoms with Gasteiger partial charge in [0.25, 0.3) is 5.91 Å². The number of likely N-dealkylation sites (tertiary alicyclic amines) is 1. The van der Waals surface area contributed by atoms with E-state index in [-0.39, 0.29) is 11.7 Å². The molecule has 1 amide bonds. The van der Waals surface area contributed by atoms with E-state index in [1.165, 1.54) is 5.56 Å². The molecule has 2 aromatic carbocycles. The van der Waals surface area contributed by atoms with Crippen LogP contribution in [0.4, 0.5) is 5.69 Å². The molecule has 1 saturated heterocycles. The molecule has 2 aromatic rings. The van der Waals surface area contributed by atoms with E-state index in [0.717, 1.165) is 42.7 Å². The molecule has 0 saturated carbocycles. The number of fused-ring (bicyclic) bond motifs is 1. The number of anilines is 1. The normalized spacial score (nSPS) is 19.4. The molecular weight excluding hydrogens is 365 g/mol. The van der Waals surface area contributed by atoms with E-state index in [1.807, 2.05) is 23.1 Å². The molecule has 2 aliphatic heterocycles. The van der Waals surface area contributed by atoms with Crippen LogP contribution in [0.2, 0.25) is 5.82 Å². The summed E-state index contributed by atoms with van der Waals surface area (Å²) < 4.78 is 0. The summed E-state index contributed by atoms with van der Waals surface area (Å²) in [6.07, 6.45) is 2.51. The number of rotatable bonds is 4. The minimum absolute atomic E-state index is 0.0630. The summed E-state index contributed by atoms with van der Waals surface area (Å²) in [5, 5.41) is 22.0. The highest BCUT2D eigenvalue weighted by molar-refractivity contribution is 6.43. The van der Waals surface area contributed by atoms with E-state index >= 15 is 0 Å².